The number of halogens is 2. The van der Waals surface area contributed by atoms with E-state index in [9.17, 15) is 4.79 Å². The number of benzene rings is 3. The molecule has 212 valence electrons. The number of nitrogens with zero attached hydrogens (tertiary/aromatic N) is 6. The largest absolute Gasteiger partial charge is 0.380 e. The molecule has 3 heterocycles. The predicted molar refractivity (Wildman–Crippen MR) is 157 cm³/mol. The SMILES string of the molecule is CN(C)CCN(c1ccc(-c2ccc3c(C(N)=O)nn(-c4ccc5onc(N)c5c4)c3c2F)c(F)c1)c1ccccn1. The van der Waals surface area contributed by atoms with Gasteiger partial charge in [-0.15, -0.1) is 0 Å². The molecule has 0 saturated heterocycles. The summed E-state index contributed by atoms with van der Waals surface area (Å²) < 4.78 is 38.6. The van der Waals surface area contributed by atoms with Crippen molar-refractivity contribution >= 4 is 45.1 Å². The van der Waals surface area contributed by atoms with E-state index in [1.807, 2.05) is 42.1 Å². The fourth-order valence-corrected chi connectivity index (χ4v) is 4.90. The van der Waals surface area contributed by atoms with E-state index in [0.29, 0.717) is 41.3 Å². The Labute approximate surface area is 238 Å². The highest BCUT2D eigenvalue weighted by Gasteiger charge is 2.24. The number of nitrogens with two attached hydrogens (primary N) is 2. The molecule has 0 spiro atoms. The number of fused-ring (bicyclic) bond motifs is 2. The number of carbonyl (C=O) groups is 1. The third-order valence-corrected chi connectivity index (χ3v) is 6.99. The van der Waals surface area contributed by atoms with E-state index in [4.69, 9.17) is 16.0 Å². The van der Waals surface area contributed by atoms with E-state index in [2.05, 4.69) is 15.2 Å². The maximum absolute atomic E-state index is 16.4. The van der Waals surface area contributed by atoms with Gasteiger partial charge >= 0.3 is 0 Å². The summed E-state index contributed by atoms with van der Waals surface area (Å²) in [5.41, 5.74) is 12.7. The standard InChI is InChI=1S/C30H26F2N8O2/c1-38(2)13-14-39(25-5-3-4-12-35-25)17-6-8-19(23(31)16-17)20-9-10-21-27(30(34)41)36-40(28(21)26(20)32)18-7-11-24-22(15-18)29(33)37-42-24/h3-12,15-16H,13-14H2,1-2H3,(H2,33,37)(H2,34,41). The number of rotatable bonds is 8. The Morgan fingerprint density at radius 2 is 1.79 bits per heavy atom. The molecule has 0 aliphatic heterocycles. The van der Waals surface area contributed by atoms with Gasteiger partial charge in [0.15, 0.2) is 22.9 Å². The molecule has 0 aliphatic rings. The lowest BCUT2D eigenvalue weighted by atomic mass is 10.0. The van der Waals surface area contributed by atoms with Gasteiger partial charge in [0.05, 0.1) is 11.1 Å². The van der Waals surface area contributed by atoms with E-state index in [1.165, 1.54) is 28.9 Å². The Kier molecular flexibility index (Phi) is 6.75. The maximum Gasteiger partial charge on any atom is 0.269 e. The first-order valence-corrected chi connectivity index (χ1v) is 13.0. The van der Waals surface area contributed by atoms with E-state index in [-0.39, 0.29) is 33.5 Å². The van der Waals surface area contributed by atoms with E-state index >= 15 is 8.78 Å². The lowest BCUT2D eigenvalue weighted by Gasteiger charge is -2.26. The molecule has 0 atom stereocenters. The first-order valence-electron chi connectivity index (χ1n) is 13.0. The zero-order chi connectivity index (χ0) is 29.5. The molecule has 10 nitrogen and oxygen atoms in total. The minimum Gasteiger partial charge on any atom is -0.380 e. The number of primary amides is 1. The zero-order valence-electron chi connectivity index (χ0n) is 22.8. The Hall–Kier alpha value is -5.36. The van der Waals surface area contributed by atoms with Crippen LogP contribution in [-0.2, 0) is 0 Å². The van der Waals surface area contributed by atoms with Crippen LogP contribution in [0.15, 0.2) is 77.4 Å². The number of amides is 1. The quantitative estimate of drug-likeness (QED) is 0.265. The third-order valence-electron chi connectivity index (χ3n) is 6.99. The molecular formula is C30H26F2N8O2. The summed E-state index contributed by atoms with van der Waals surface area (Å²) in [5.74, 6) is -1.43. The Balaban J connectivity index is 1.47. The predicted octanol–water partition coefficient (Wildman–Crippen LogP) is 4.89. The smallest absolute Gasteiger partial charge is 0.269 e. The van der Waals surface area contributed by atoms with Gasteiger partial charge in [-0.1, -0.05) is 17.3 Å². The number of aromatic nitrogens is 4. The summed E-state index contributed by atoms with van der Waals surface area (Å²) in [6.45, 7) is 1.25. The minimum absolute atomic E-state index is 0.00744. The van der Waals surface area contributed by atoms with Gasteiger partial charge in [-0.05, 0) is 68.7 Å². The van der Waals surface area contributed by atoms with Crippen LogP contribution < -0.4 is 16.4 Å². The highest BCUT2D eigenvalue weighted by atomic mass is 19.1. The summed E-state index contributed by atoms with van der Waals surface area (Å²) >= 11 is 0. The molecule has 0 bridgehead atoms. The molecule has 42 heavy (non-hydrogen) atoms. The van der Waals surface area contributed by atoms with Gasteiger partial charge in [-0.2, -0.15) is 5.10 Å². The lowest BCUT2D eigenvalue weighted by molar-refractivity contribution is 0.0996. The first-order chi connectivity index (χ1) is 20.2. The van der Waals surface area contributed by atoms with Crippen molar-refractivity contribution in [2.45, 2.75) is 0 Å². The third kappa shape index (κ3) is 4.67. The number of pyridine rings is 1. The van der Waals surface area contributed by atoms with Gasteiger partial charge in [-0.3, -0.25) is 4.79 Å². The molecule has 6 aromatic rings. The molecule has 4 N–H and O–H groups in total. The van der Waals surface area contributed by atoms with E-state index in [0.717, 1.165) is 0 Å². The first kappa shape index (κ1) is 26.8. The van der Waals surface area contributed by atoms with Gasteiger partial charge in [0.2, 0.25) is 0 Å². The van der Waals surface area contributed by atoms with Crippen LogP contribution in [0.4, 0.5) is 26.1 Å². The van der Waals surface area contributed by atoms with Gasteiger partial charge < -0.3 is 25.8 Å². The number of likely N-dealkylation sites (N-methyl/N-ethyl adjacent to an activating group) is 1. The van der Waals surface area contributed by atoms with E-state index in [1.54, 1.807) is 30.5 Å². The second-order valence-electron chi connectivity index (χ2n) is 10.0. The zero-order valence-corrected chi connectivity index (χ0v) is 22.8. The molecular weight excluding hydrogens is 542 g/mol. The van der Waals surface area contributed by atoms with Gasteiger partial charge in [-0.25, -0.2) is 18.4 Å². The number of anilines is 3. The fraction of sp³-hybridized carbons (Fsp3) is 0.133. The molecule has 0 saturated carbocycles. The van der Waals surface area contributed by atoms with Crippen LogP contribution in [0.1, 0.15) is 10.5 Å². The molecule has 0 unspecified atom stereocenters. The monoisotopic (exact) mass is 568 g/mol. The number of carbonyl (C=O) groups excluding carboxylic acids is 1. The van der Waals surface area contributed by atoms with Crippen LogP contribution in [-0.4, -0.2) is 57.9 Å². The normalized spacial score (nSPS) is 11.5. The summed E-state index contributed by atoms with van der Waals surface area (Å²) in [6.07, 6.45) is 1.67. The van der Waals surface area contributed by atoms with Gasteiger partial charge in [0.25, 0.3) is 5.91 Å². The van der Waals surface area contributed by atoms with Crippen molar-refractivity contribution in [1.82, 2.24) is 24.8 Å². The van der Waals surface area contributed by atoms with Crippen molar-refractivity contribution in [3.63, 3.8) is 0 Å². The molecule has 0 aliphatic carbocycles. The van der Waals surface area contributed by atoms with Crippen molar-refractivity contribution in [2.24, 2.45) is 5.73 Å². The van der Waals surface area contributed by atoms with Gasteiger partial charge in [0.1, 0.15) is 17.2 Å². The molecule has 12 heteroatoms. The second kappa shape index (κ2) is 10.6. The van der Waals surface area contributed by atoms with Gasteiger partial charge in [0, 0.05) is 41.5 Å². The van der Waals surface area contributed by atoms with Crippen molar-refractivity contribution in [1.29, 1.82) is 0 Å². The average molecular weight is 569 g/mol. The van der Waals surface area contributed by atoms with Crippen LogP contribution in [0.3, 0.4) is 0 Å². The Morgan fingerprint density at radius 1 is 0.976 bits per heavy atom. The molecule has 1 amide bonds. The molecule has 3 aromatic heterocycles. The summed E-state index contributed by atoms with van der Waals surface area (Å²) in [7, 11) is 3.90. The average Bonchev–Trinajstić information content (AvgIpc) is 3.55. The summed E-state index contributed by atoms with van der Waals surface area (Å²) in [5, 5.41) is 8.71. The van der Waals surface area contributed by atoms with Crippen molar-refractivity contribution in [3.8, 4) is 16.8 Å². The number of hydrogen-bond acceptors (Lipinski definition) is 8. The highest BCUT2D eigenvalue weighted by Crippen LogP contribution is 2.36. The molecule has 6 rings (SSSR count). The number of hydrogen-bond donors (Lipinski definition) is 2. The fourth-order valence-electron chi connectivity index (χ4n) is 4.90. The Morgan fingerprint density at radius 3 is 2.50 bits per heavy atom. The summed E-state index contributed by atoms with van der Waals surface area (Å²) in [6, 6.07) is 17.9. The Bertz CT molecular complexity index is 1950. The summed E-state index contributed by atoms with van der Waals surface area (Å²) in [4.78, 5) is 20.6. The van der Waals surface area contributed by atoms with Crippen LogP contribution in [0.2, 0.25) is 0 Å². The van der Waals surface area contributed by atoms with Crippen molar-refractivity contribution < 1.29 is 18.1 Å². The van der Waals surface area contributed by atoms with Crippen LogP contribution in [0.25, 0.3) is 38.7 Å². The minimum atomic E-state index is -0.834. The van der Waals surface area contributed by atoms with Crippen LogP contribution in [0, 0.1) is 11.6 Å². The van der Waals surface area contributed by atoms with Crippen molar-refractivity contribution in [2.75, 3.05) is 37.8 Å². The molecule has 0 radical (unpaired) electrons. The van der Waals surface area contributed by atoms with E-state index < -0.39 is 17.5 Å². The lowest BCUT2D eigenvalue weighted by Crippen LogP contribution is -2.28. The molecule has 3 aromatic carbocycles. The van der Waals surface area contributed by atoms with Crippen molar-refractivity contribution in [3.05, 3.63) is 90.3 Å². The number of nitrogen functional groups attached to an aromatic ring is 1. The second-order valence-corrected chi connectivity index (χ2v) is 10.0. The van der Waals surface area contributed by atoms with Crippen LogP contribution >= 0.6 is 0 Å². The highest BCUT2D eigenvalue weighted by molar-refractivity contribution is 6.05. The van der Waals surface area contributed by atoms with Crippen LogP contribution in [0.5, 0.6) is 0 Å². The maximum atomic E-state index is 16.4. The topological polar surface area (TPSA) is 132 Å². The molecule has 0 fully saturated rings.